The Morgan fingerprint density at radius 1 is 1.14 bits per heavy atom. The molecular formula is C17H20N2O2. The minimum absolute atomic E-state index is 0.211. The maximum atomic E-state index is 11.8. The number of urea groups is 1. The molecule has 2 amide bonds. The molecule has 0 saturated carbocycles. The number of nitrogens with one attached hydrogen (secondary N) is 2. The molecule has 0 aliphatic heterocycles. The number of rotatable bonds is 5. The van der Waals surface area contributed by atoms with Gasteiger partial charge in [0.25, 0.3) is 0 Å². The van der Waals surface area contributed by atoms with Crippen molar-refractivity contribution in [3.63, 3.8) is 0 Å². The lowest BCUT2D eigenvalue weighted by Gasteiger charge is -2.09. The minimum atomic E-state index is -0.211. The summed E-state index contributed by atoms with van der Waals surface area (Å²) in [6.45, 7) is 2.67. The number of benzene rings is 2. The van der Waals surface area contributed by atoms with Gasteiger partial charge in [-0.25, -0.2) is 4.79 Å². The number of carbonyl (C=O) groups excluding carboxylic acids is 1. The van der Waals surface area contributed by atoms with Crippen molar-refractivity contribution >= 4 is 11.7 Å². The van der Waals surface area contributed by atoms with Crippen molar-refractivity contribution < 1.29 is 9.53 Å². The summed E-state index contributed by atoms with van der Waals surface area (Å²) < 4.78 is 5.12. The predicted molar refractivity (Wildman–Crippen MR) is 84.9 cm³/mol. The van der Waals surface area contributed by atoms with Crippen molar-refractivity contribution in [2.75, 3.05) is 19.0 Å². The first-order valence-electron chi connectivity index (χ1n) is 6.92. The number of hydrogen-bond acceptors (Lipinski definition) is 2. The van der Waals surface area contributed by atoms with E-state index in [4.69, 9.17) is 4.74 Å². The van der Waals surface area contributed by atoms with Gasteiger partial charge in [0.2, 0.25) is 0 Å². The molecule has 0 unspecified atom stereocenters. The lowest BCUT2D eigenvalue weighted by atomic mass is 10.1. The number of carbonyl (C=O) groups is 1. The van der Waals surface area contributed by atoms with Crippen LogP contribution in [0.2, 0.25) is 0 Å². The Morgan fingerprint density at radius 2 is 1.95 bits per heavy atom. The zero-order valence-corrected chi connectivity index (χ0v) is 12.3. The van der Waals surface area contributed by atoms with E-state index in [-0.39, 0.29) is 6.03 Å². The molecule has 2 aromatic carbocycles. The molecule has 0 fully saturated rings. The van der Waals surface area contributed by atoms with Crippen molar-refractivity contribution in [2.45, 2.75) is 13.3 Å². The molecule has 0 atom stereocenters. The van der Waals surface area contributed by atoms with Gasteiger partial charge in [-0.3, -0.25) is 0 Å². The Hall–Kier alpha value is -2.49. The summed E-state index contributed by atoms with van der Waals surface area (Å²) in [6.07, 6.45) is 0.818. The summed E-state index contributed by atoms with van der Waals surface area (Å²) in [5, 5.41) is 5.64. The van der Waals surface area contributed by atoms with Crippen LogP contribution in [0.25, 0.3) is 0 Å². The van der Waals surface area contributed by atoms with Gasteiger partial charge in [0, 0.05) is 18.3 Å². The van der Waals surface area contributed by atoms with Gasteiger partial charge in [-0.05, 0) is 36.6 Å². The highest BCUT2D eigenvalue weighted by Crippen LogP contribution is 2.16. The molecule has 0 aliphatic carbocycles. The topological polar surface area (TPSA) is 50.4 Å². The number of ether oxygens (including phenoxy) is 1. The summed E-state index contributed by atoms with van der Waals surface area (Å²) >= 11 is 0. The van der Waals surface area contributed by atoms with Crippen molar-refractivity contribution in [1.82, 2.24) is 5.32 Å². The molecule has 21 heavy (non-hydrogen) atoms. The second-order valence-electron chi connectivity index (χ2n) is 4.79. The standard InChI is InChI=1S/C17H20N2O2/c1-13-6-3-4-7-14(13)10-11-18-17(20)19-15-8-5-9-16(12-15)21-2/h3-9,12H,10-11H2,1-2H3,(H2,18,19,20). The lowest BCUT2D eigenvalue weighted by Crippen LogP contribution is -2.30. The van der Waals surface area contributed by atoms with E-state index < -0.39 is 0 Å². The lowest BCUT2D eigenvalue weighted by molar-refractivity contribution is 0.252. The molecule has 2 rings (SSSR count). The predicted octanol–water partition coefficient (Wildman–Crippen LogP) is 3.37. The van der Waals surface area contributed by atoms with E-state index in [2.05, 4.69) is 29.7 Å². The molecule has 4 heteroatoms. The minimum Gasteiger partial charge on any atom is -0.497 e. The molecule has 0 aliphatic rings. The van der Waals surface area contributed by atoms with Crippen molar-refractivity contribution in [3.05, 3.63) is 59.7 Å². The van der Waals surface area contributed by atoms with Crippen LogP contribution in [0, 0.1) is 6.92 Å². The van der Waals surface area contributed by atoms with Gasteiger partial charge in [0.05, 0.1) is 7.11 Å². The maximum Gasteiger partial charge on any atom is 0.319 e. The van der Waals surface area contributed by atoms with Crippen LogP contribution in [0.5, 0.6) is 5.75 Å². The molecule has 110 valence electrons. The first kappa shape index (κ1) is 14.9. The SMILES string of the molecule is COc1cccc(NC(=O)NCCc2ccccc2C)c1. The fraction of sp³-hybridized carbons (Fsp3) is 0.235. The van der Waals surface area contributed by atoms with Gasteiger partial charge in [-0.15, -0.1) is 0 Å². The summed E-state index contributed by atoms with van der Waals surface area (Å²) in [5.41, 5.74) is 3.20. The molecule has 2 N–H and O–H groups in total. The first-order chi connectivity index (χ1) is 10.2. The Morgan fingerprint density at radius 3 is 2.71 bits per heavy atom. The zero-order valence-electron chi connectivity index (χ0n) is 12.3. The molecular weight excluding hydrogens is 264 g/mol. The van der Waals surface area contributed by atoms with Crippen LogP contribution < -0.4 is 15.4 Å². The van der Waals surface area contributed by atoms with Crippen LogP contribution in [0.3, 0.4) is 0 Å². The van der Waals surface area contributed by atoms with E-state index in [0.717, 1.165) is 6.42 Å². The van der Waals surface area contributed by atoms with E-state index in [1.807, 2.05) is 30.3 Å². The molecule has 0 aromatic heterocycles. The number of hydrogen-bond donors (Lipinski definition) is 2. The molecule has 0 spiro atoms. The van der Waals surface area contributed by atoms with Gasteiger partial charge in [0.15, 0.2) is 0 Å². The van der Waals surface area contributed by atoms with E-state index >= 15 is 0 Å². The average Bonchev–Trinajstić information content (AvgIpc) is 2.49. The van der Waals surface area contributed by atoms with Crippen LogP contribution >= 0.6 is 0 Å². The van der Waals surface area contributed by atoms with E-state index in [1.165, 1.54) is 11.1 Å². The number of aryl methyl sites for hydroxylation is 1. The van der Waals surface area contributed by atoms with Gasteiger partial charge < -0.3 is 15.4 Å². The van der Waals surface area contributed by atoms with E-state index in [9.17, 15) is 4.79 Å². The number of anilines is 1. The normalized spacial score (nSPS) is 10.0. The maximum absolute atomic E-state index is 11.8. The van der Waals surface area contributed by atoms with Crippen LogP contribution in [0.4, 0.5) is 10.5 Å². The highest BCUT2D eigenvalue weighted by Gasteiger charge is 2.03. The first-order valence-corrected chi connectivity index (χ1v) is 6.92. The fourth-order valence-electron chi connectivity index (χ4n) is 2.08. The Bertz CT molecular complexity index is 611. The highest BCUT2D eigenvalue weighted by molar-refractivity contribution is 5.89. The van der Waals surface area contributed by atoms with Gasteiger partial charge in [-0.1, -0.05) is 30.3 Å². The van der Waals surface area contributed by atoms with Gasteiger partial charge in [-0.2, -0.15) is 0 Å². The third-order valence-electron chi connectivity index (χ3n) is 3.27. The fourth-order valence-corrected chi connectivity index (χ4v) is 2.08. The number of amides is 2. The van der Waals surface area contributed by atoms with E-state index in [1.54, 1.807) is 13.2 Å². The third-order valence-corrected chi connectivity index (χ3v) is 3.27. The zero-order chi connectivity index (χ0) is 15.1. The summed E-state index contributed by atoms with van der Waals surface area (Å²) in [4.78, 5) is 11.8. The van der Waals surface area contributed by atoms with Crippen LogP contribution in [0.15, 0.2) is 48.5 Å². The molecule has 0 radical (unpaired) electrons. The third kappa shape index (κ3) is 4.53. The monoisotopic (exact) mass is 284 g/mol. The summed E-state index contributed by atoms with van der Waals surface area (Å²) in [5.74, 6) is 0.715. The average molecular weight is 284 g/mol. The van der Waals surface area contributed by atoms with E-state index in [0.29, 0.717) is 18.0 Å². The smallest absolute Gasteiger partial charge is 0.319 e. The summed E-state index contributed by atoms with van der Waals surface area (Å²) in [6, 6.07) is 15.2. The Labute approximate surface area is 125 Å². The van der Waals surface area contributed by atoms with Crippen molar-refractivity contribution in [3.8, 4) is 5.75 Å². The Balaban J connectivity index is 1.81. The van der Waals surface area contributed by atoms with Gasteiger partial charge in [0.1, 0.15) is 5.75 Å². The molecule has 4 nitrogen and oxygen atoms in total. The number of methoxy groups -OCH3 is 1. The molecule has 0 bridgehead atoms. The van der Waals surface area contributed by atoms with Gasteiger partial charge >= 0.3 is 6.03 Å². The van der Waals surface area contributed by atoms with Crippen LogP contribution in [0.1, 0.15) is 11.1 Å². The molecule has 0 saturated heterocycles. The Kier molecular flexibility index (Phi) is 5.21. The largest absolute Gasteiger partial charge is 0.497 e. The molecule has 0 heterocycles. The second kappa shape index (κ2) is 7.33. The summed E-state index contributed by atoms with van der Waals surface area (Å²) in [7, 11) is 1.60. The van der Waals surface area contributed by atoms with Crippen molar-refractivity contribution in [2.24, 2.45) is 0 Å². The molecule has 2 aromatic rings. The second-order valence-corrected chi connectivity index (χ2v) is 4.79. The highest BCUT2D eigenvalue weighted by atomic mass is 16.5. The van der Waals surface area contributed by atoms with Crippen molar-refractivity contribution in [1.29, 1.82) is 0 Å². The van der Waals surface area contributed by atoms with Crippen LogP contribution in [-0.2, 0) is 6.42 Å². The van der Waals surface area contributed by atoms with Crippen LogP contribution in [-0.4, -0.2) is 19.7 Å². The quantitative estimate of drug-likeness (QED) is 0.884.